The summed E-state index contributed by atoms with van der Waals surface area (Å²) in [6.07, 6.45) is 7.16. The second kappa shape index (κ2) is 8.66. The Labute approximate surface area is 181 Å². The molecule has 0 unspecified atom stereocenters. The molecule has 31 heavy (non-hydrogen) atoms. The average molecular weight is 419 g/mol. The van der Waals surface area contributed by atoms with Crippen molar-refractivity contribution in [2.45, 2.75) is 6.92 Å². The van der Waals surface area contributed by atoms with Crippen LogP contribution in [0.1, 0.15) is 5.82 Å². The van der Waals surface area contributed by atoms with E-state index in [4.69, 9.17) is 9.97 Å². The first-order valence-electron chi connectivity index (χ1n) is 10.7. The van der Waals surface area contributed by atoms with Crippen LogP contribution in [0, 0.1) is 6.92 Å². The average Bonchev–Trinajstić information content (AvgIpc) is 2.85. The van der Waals surface area contributed by atoms with Crippen LogP contribution in [-0.4, -0.2) is 82.3 Å². The standard InChI is InChI=1S/C21H26N10/c1-17-26-18(28-8-12-30(13-9-28)20-22-4-2-5-23-20)16-19(27-17)29-10-14-31(15-11-29)21-24-6-3-7-25-21/h2-7,16H,8-15H2,1H3. The van der Waals surface area contributed by atoms with E-state index in [0.717, 1.165) is 81.7 Å². The Kier molecular flexibility index (Phi) is 5.42. The lowest BCUT2D eigenvalue weighted by atomic mass is 10.3. The van der Waals surface area contributed by atoms with E-state index >= 15 is 0 Å². The van der Waals surface area contributed by atoms with Gasteiger partial charge in [-0.1, -0.05) is 0 Å². The third kappa shape index (κ3) is 4.32. The highest BCUT2D eigenvalue weighted by Gasteiger charge is 2.23. The van der Waals surface area contributed by atoms with Crippen molar-refractivity contribution in [3.63, 3.8) is 0 Å². The highest BCUT2D eigenvalue weighted by molar-refractivity contribution is 5.53. The first-order valence-corrected chi connectivity index (χ1v) is 10.7. The van der Waals surface area contributed by atoms with Gasteiger partial charge in [0.2, 0.25) is 11.9 Å². The molecule has 0 radical (unpaired) electrons. The Morgan fingerprint density at radius 1 is 0.548 bits per heavy atom. The molecule has 5 heterocycles. The highest BCUT2D eigenvalue weighted by Crippen LogP contribution is 2.23. The Morgan fingerprint density at radius 2 is 0.903 bits per heavy atom. The molecule has 2 aliphatic heterocycles. The first-order chi connectivity index (χ1) is 15.3. The number of anilines is 4. The number of hydrogen-bond donors (Lipinski definition) is 0. The molecule has 10 nitrogen and oxygen atoms in total. The maximum Gasteiger partial charge on any atom is 0.225 e. The first kappa shape index (κ1) is 19.4. The molecule has 0 atom stereocenters. The number of aryl methyl sites for hydroxylation is 1. The number of hydrogen-bond acceptors (Lipinski definition) is 10. The molecule has 0 amide bonds. The molecule has 0 aliphatic carbocycles. The lowest BCUT2D eigenvalue weighted by Gasteiger charge is -2.37. The molecule has 5 rings (SSSR count). The van der Waals surface area contributed by atoms with Gasteiger partial charge in [-0.25, -0.2) is 29.9 Å². The van der Waals surface area contributed by atoms with Gasteiger partial charge in [-0.2, -0.15) is 0 Å². The van der Waals surface area contributed by atoms with Crippen LogP contribution in [0.2, 0.25) is 0 Å². The van der Waals surface area contributed by atoms with Gasteiger partial charge in [0, 0.05) is 83.2 Å². The van der Waals surface area contributed by atoms with Gasteiger partial charge < -0.3 is 19.6 Å². The predicted octanol–water partition coefficient (Wildman–Crippen LogP) is 1.02. The monoisotopic (exact) mass is 418 g/mol. The third-order valence-electron chi connectivity index (χ3n) is 5.69. The highest BCUT2D eigenvalue weighted by atomic mass is 15.4. The van der Waals surface area contributed by atoms with Gasteiger partial charge in [0.1, 0.15) is 17.5 Å². The van der Waals surface area contributed by atoms with Crippen molar-refractivity contribution < 1.29 is 0 Å². The molecule has 2 saturated heterocycles. The van der Waals surface area contributed by atoms with Crippen LogP contribution in [0.3, 0.4) is 0 Å². The molecule has 160 valence electrons. The number of piperazine rings is 2. The van der Waals surface area contributed by atoms with Gasteiger partial charge in [-0.15, -0.1) is 0 Å². The summed E-state index contributed by atoms with van der Waals surface area (Å²) < 4.78 is 0. The van der Waals surface area contributed by atoms with E-state index < -0.39 is 0 Å². The van der Waals surface area contributed by atoms with Gasteiger partial charge in [0.05, 0.1) is 0 Å². The lowest BCUT2D eigenvalue weighted by Crippen LogP contribution is -2.48. The third-order valence-corrected chi connectivity index (χ3v) is 5.69. The fraction of sp³-hybridized carbons (Fsp3) is 0.429. The molecule has 0 bridgehead atoms. The Hall–Kier alpha value is -3.56. The number of aromatic nitrogens is 6. The Morgan fingerprint density at radius 3 is 1.29 bits per heavy atom. The molecule has 0 spiro atoms. The van der Waals surface area contributed by atoms with Crippen molar-refractivity contribution in [3.8, 4) is 0 Å². The Bertz CT molecular complexity index is 906. The summed E-state index contributed by atoms with van der Waals surface area (Å²) in [6.45, 7) is 8.99. The summed E-state index contributed by atoms with van der Waals surface area (Å²) in [7, 11) is 0. The summed E-state index contributed by atoms with van der Waals surface area (Å²) in [5.41, 5.74) is 0. The molecule has 0 N–H and O–H groups in total. The van der Waals surface area contributed by atoms with E-state index in [1.807, 2.05) is 19.1 Å². The fourth-order valence-electron chi connectivity index (χ4n) is 4.04. The van der Waals surface area contributed by atoms with E-state index in [1.165, 1.54) is 0 Å². The van der Waals surface area contributed by atoms with Crippen molar-refractivity contribution in [1.29, 1.82) is 0 Å². The summed E-state index contributed by atoms with van der Waals surface area (Å²) in [6, 6.07) is 5.81. The van der Waals surface area contributed by atoms with E-state index in [0.29, 0.717) is 0 Å². The van der Waals surface area contributed by atoms with Crippen molar-refractivity contribution in [2.24, 2.45) is 0 Å². The maximum atomic E-state index is 4.72. The molecule has 0 saturated carbocycles. The molecule has 2 fully saturated rings. The number of nitrogens with zero attached hydrogens (tertiary/aromatic N) is 10. The smallest absolute Gasteiger partial charge is 0.225 e. The topological polar surface area (TPSA) is 90.3 Å². The van der Waals surface area contributed by atoms with Crippen LogP contribution in [0.5, 0.6) is 0 Å². The minimum atomic E-state index is 0.793. The second-order valence-electron chi connectivity index (χ2n) is 7.68. The summed E-state index contributed by atoms with van der Waals surface area (Å²) >= 11 is 0. The van der Waals surface area contributed by atoms with Crippen molar-refractivity contribution in [1.82, 2.24) is 29.9 Å². The van der Waals surface area contributed by atoms with Crippen LogP contribution in [-0.2, 0) is 0 Å². The van der Waals surface area contributed by atoms with Gasteiger partial charge in [-0.05, 0) is 19.1 Å². The molecule has 10 heteroatoms. The molecule has 2 aliphatic rings. The van der Waals surface area contributed by atoms with Crippen LogP contribution >= 0.6 is 0 Å². The molecule has 3 aromatic rings. The molecular weight excluding hydrogens is 392 g/mol. The quantitative estimate of drug-likeness (QED) is 0.611. The zero-order chi connectivity index (χ0) is 21.0. The van der Waals surface area contributed by atoms with Crippen molar-refractivity contribution in [2.75, 3.05) is 72.0 Å². The van der Waals surface area contributed by atoms with Crippen molar-refractivity contribution in [3.05, 3.63) is 48.8 Å². The molecule has 3 aromatic heterocycles. The minimum Gasteiger partial charge on any atom is -0.353 e. The fourth-order valence-corrected chi connectivity index (χ4v) is 4.04. The summed E-state index contributed by atoms with van der Waals surface area (Å²) in [5.74, 6) is 4.37. The molecule has 0 aromatic carbocycles. The van der Waals surface area contributed by atoms with Crippen LogP contribution in [0.4, 0.5) is 23.5 Å². The van der Waals surface area contributed by atoms with E-state index in [2.05, 4.69) is 45.6 Å². The normalized spacial score (nSPS) is 17.2. The zero-order valence-corrected chi connectivity index (χ0v) is 17.7. The lowest BCUT2D eigenvalue weighted by molar-refractivity contribution is 0.624. The summed E-state index contributed by atoms with van der Waals surface area (Å²) in [4.78, 5) is 36.0. The van der Waals surface area contributed by atoms with E-state index in [9.17, 15) is 0 Å². The minimum absolute atomic E-state index is 0.793. The second-order valence-corrected chi connectivity index (χ2v) is 7.68. The van der Waals surface area contributed by atoms with E-state index in [-0.39, 0.29) is 0 Å². The predicted molar refractivity (Wildman–Crippen MR) is 120 cm³/mol. The van der Waals surface area contributed by atoms with Crippen LogP contribution in [0.15, 0.2) is 43.0 Å². The van der Waals surface area contributed by atoms with E-state index in [1.54, 1.807) is 24.8 Å². The van der Waals surface area contributed by atoms with Gasteiger partial charge >= 0.3 is 0 Å². The summed E-state index contributed by atoms with van der Waals surface area (Å²) in [5, 5.41) is 0. The SMILES string of the molecule is Cc1nc(N2CCN(c3ncccn3)CC2)cc(N2CCN(c3ncccn3)CC2)n1. The maximum absolute atomic E-state index is 4.72. The van der Waals surface area contributed by atoms with Gasteiger partial charge in [-0.3, -0.25) is 0 Å². The molecular formula is C21H26N10. The number of rotatable bonds is 4. The van der Waals surface area contributed by atoms with Gasteiger partial charge in [0.15, 0.2) is 0 Å². The Balaban J connectivity index is 1.24. The van der Waals surface area contributed by atoms with Crippen molar-refractivity contribution >= 4 is 23.5 Å². The largest absolute Gasteiger partial charge is 0.353 e. The zero-order valence-electron chi connectivity index (χ0n) is 17.7. The van der Waals surface area contributed by atoms with Crippen LogP contribution < -0.4 is 19.6 Å². The van der Waals surface area contributed by atoms with Crippen LogP contribution in [0.25, 0.3) is 0 Å². The van der Waals surface area contributed by atoms with Gasteiger partial charge in [0.25, 0.3) is 0 Å².